The Balaban J connectivity index is 2.06. The van der Waals surface area contributed by atoms with Crippen LogP contribution in [0, 0.1) is 0 Å². The van der Waals surface area contributed by atoms with Crippen LogP contribution in [-0.2, 0) is 12.7 Å². The van der Waals surface area contributed by atoms with Gasteiger partial charge in [-0.2, -0.15) is 13.2 Å². The molecule has 0 saturated heterocycles. The van der Waals surface area contributed by atoms with E-state index in [2.05, 4.69) is 5.32 Å². The van der Waals surface area contributed by atoms with Crippen LogP contribution >= 0.6 is 23.4 Å². The molecule has 0 saturated carbocycles. The van der Waals surface area contributed by atoms with E-state index in [4.69, 9.17) is 11.6 Å². The molecule has 0 aliphatic rings. The summed E-state index contributed by atoms with van der Waals surface area (Å²) in [7, 11) is 0. The molecular formula is C15H13ClF3NS. The standard InChI is InChI=1S/C15H13ClF3NS/c1-21-12-5-2-10(3-6-12)9-20-14-7-4-11(8-13(14)16)15(17,18)19/h2-8,20H,9H2,1H3. The van der Waals surface area contributed by atoms with Gasteiger partial charge in [0.25, 0.3) is 0 Å². The van der Waals surface area contributed by atoms with Crippen molar-refractivity contribution in [2.24, 2.45) is 0 Å². The van der Waals surface area contributed by atoms with Crippen molar-refractivity contribution in [3.05, 3.63) is 58.6 Å². The lowest BCUT2D eigenvalue weighted by Crippen LogP contribution is -2.06. The third-order valence-electron chi connectivity index (χ3n) is 2.94. The molecule has 0 bridgehead atoms. The topological polar surface area (TPSA) is 12.0 Å². The number of thioether (sulfide) groups is 1. The fourth-order valence-corrected chi connectivity index (χ4v) is 2.43. The highest BCUT2D eigenvalue weighted by Crippen LogP contribution is 2.33. The van der Waals surface area contributed by atoms with Crippen molar-refractivity contribution < 1.29 is 13.2 Å². The van der Waals surface area contributed by atoms with Gasteiger partial charge in [0.15, 0.2) is 0 Å². The first-order chi connectivity index (χ1) is 9.90. The molecule has 0 amide bonds. The Morgan fingerprint density at radius 2 is 1.76 bits per heavy atom. The lowest BCUT2D eigenvalue weighted by Gasteiger charge is -2.12. The second-order valence-corrected chi connectivity index (χ2v) is 5.68. The van der Waals surface area contributed by atoms with Gasteiger partial charge in [-0.15, -0.1) is 11.8 Å². The van der Waals surface area contributed by atoms with Gasteiger partial charge in [0.1, 0.15) is 0 Å². The predicted octanol–water partition coefficient (Wildman–Crippen LogP) is 5.69. The summed E-state index contributed by atoms with van der Waals surface area (Å²) >= 11 is 7.53. The summed E-state index contributed by atoms with van der Waals surface area (Å²) in [4.78, 5) is 1.16. The maximum atomic E-state index is 12.5. The molecule has 0 aromatic heterocycles. The van der Waals surface area contributed by atoms with E-state index in [1.807, 2.05) is 30.5 Å². The Labute approximate surface area is 130 Å². The van der Waals surface area contributed by atoms with Gasteiger partial charge in [0.2, 0.25) is 0 Å². The largest absolute Gasteiger partial charge is 0.416 e. The molecule has 0 radical (unpaired) electrons. The second kappa shape index (κ2) is 6.62. The average Bonchev–Trinajstić information content (AvgIpc) is 2.45. The first-order valence-electron chi connectivity index (χ1n) is 6.13. The van der Waals surface area contributed by atoms with Gasteiger partial charge in [-0.05, 0) is 42.2 Å². The molecule has 1 nitrogen and oxygen atoms in total. The molecular weight excluding hydrogens is 319 g/mol. The minimum absolute atomic E-state index is 0.0607. The molecule has 0 aliphatic carbocycles. The zero-order valence-corrected chi connectivity index (χ0v) is 12.7. The molecule has 2 rings (SSSR count). The van der Waals surface area contributed by atoms with E-state index in [-0.39, 0.29) is 5.02 Å². The number of rotatable bonds is 4. The van der Waals surface area contributed by atoms with Crippen molar-refractivity contribution in [1.82, 2.24) is 0 Å². The van der Waals surface area contributed by atoms with E-state index in [1.165, 1.54) is 6.07 Å². The summed E-state index contributed by atoms with van der Waals surface area (Å²) in [5.41, 5.74) is 0.768. The molecule has 0 atom stereocenters. The molecule has 1 N–H and O–H groups in total. The molecule has 2 aromatic carbocycles. The van der Waals surface area contributed by atoms with Crippen LogP contribution in [0.3, 0.4) is 0 Å². The summed E-state index contributed by atoms with van der Waals surface area (Å²) < 4.78 is 37.6. The molecule has 0 fully saturated rings. The Morgan fingerprint density at radius 1 is 1.10 bits per heavy atom. The third-order valence-corrected chi connectivity index (χ3v) is 3.99. The summed E-state index contributed by atoms with van der Waals surface area (Å²) in [5, 5.41) is 3.10. The number of nitrogens with one attached hydrogen (secondary N) is 1. The van der Waals surface area contributed by atoms with Gasteiger partial charge in [-0.3, -0.25) is 0 Å². The quantitative estimate of drug-likeness (QED) is 0.722. The van der Waals surface area contributed by atoms with E-state index in [9.17, 15) is 13.2 Å². The Morgan fingerprint density at radius 3 is 2.29 bits per heavy atom. The van der Waals surface area contributed by atoms with E-state index in [0.29, 0.717) is 12.2 Å². The highest BCUT2D eigenvalue weighted by atomic mass is 35.5. The van der Waals surface area contributed by atoms with Gasteiger partial charge in [-0.1, -0.05) is 23.7 Å². The minimum Gasteiger partial charge on any atom is -0.380 e. The number of halogens is 4. The lowest BCUT2D eigenvalue weighted by atomic mass is 10.2. The zero-order valence-electron chi connectivity index (χ0n) is 11.2. The molecule has 0 aliphatic heterocycles. The Bertz CT molecular complexity index is 611. The van der Waals surface area contributed by atoms with E-state index < -0.39 is 11.7 Å². The van der Waals surface area contributed by atoms with Crippen molar-refractivity contribution in [3.63, 3.8) is 0 Å². The van der Waals surface area contributed by atoms with Crippen LogP contribution in [0.1, 0.15) is 11.1 Å². The van der Waals surface area contributed by atoms with Gasteiger partial charge in [0, 0.05) is 11.4 Å². The maximum absolute atomic E-state index is 12.5. The van der Waals surface area contributed by atoms with E-state index >= 15 is 0 Å². The average molecular weight is 332 g/mol. The predicted molar refractivity (Wildman–Crippen MR) is 82.0 cm³/mol. The van der Waals surface area contributed by atoms with Crippen LogP contribution in [0.5, 0.6) is 0 Å². The summed E-state index contributed by atoms with van der Waals surface area (Å²) in [5.74, 6) is 0. The van der Waals surface area contributed by atoms with Crippen molar-refractivity contribution in [1.29, 1.82) is 0 Å². The van der Waals surface area contributed by atoms with Crippen LogP contribution in [-0.4, -0.2) is 6.26 Å². The minimum atomic E-state index is -4.38. The van der Waals surface area contributed by atoms with Gasteiger partial charge in [-0.25, -0.2) is 0 Å². The Hall–Kier alpha value is -1.33. The SMILES string of the molecule is CSc1ccc(CNc2ccc(C(F)(F)F)cc2Cl)cc1. The fraction of sp³-hybridized carbons (Fsp3) is 0.200. The maximum Gasteiger partial charge on any atom is 0.416 e. The van der Waals surface area contributed by atoms with Crippen molar-refractivity contribution in [3.8, 4) is 0 Å². The van der Waals surface area contributed by atoms with Gasteiger partial charge < -0.3 is 5.32 Å². The Kier molecular flexibility index (Phi) is 5.06. The first kappa shape index (κ1) is 16.0. The van der Waals surface area contributed by atoms with Gasteiger partial charge >= 0.3 is 6.18 Å². The molecule has 21 heavy (non-hydrogen) atoms. The number of benzene rings is 2. The lowest BCUT2D eigenvalue weighted by molar-refractivity contribution is -0.137. The molecule has 6 heteroatoms. The summed E-state index contributed by atoms with van der Waals surface area (Å²) in [6.07, 6.45) is -2.38. The van der Waals surface area contributed by atoms with E-state index in [0.717, 1.165) is 22.6 Å². The molecule has 0 heterocycles. The molecule has 0 unspecified atom stereocenters. The van der Waals surface area contributed by atoms with Crippen molar-refractivity contribution >= 4 is 29.1 Å². The van der Waals surface area contributed by atoms with Crippen LogP contribution in [0.15, 0.2) is 47.4 Å². The zero-order chi connectivity index (χ0) is 15.5. The number of anilines is 1. The first-order valence-corrected chi connectivity index (χ1v) is 7.74. The fourth-order valence-electron chi connectivity index (χ4n) is 1.78. The van der Waals surface area contributed by atoms with Crippen molar-refractivity contribution in [2.75, 3.05) is 11.6 Å². The van der Waals surface area contributed by atoms with Crippen LogP contribution in [0.4, 0.5) is 18.9 Å². The summed E-state index contributed by atoms with van der Waals surface area (Å²) in [6, 6.07) is 11.2. The van der Waals surface area contributed by atoms with Gasteiger partial charge in [0.05, 0.1) is 16.3 Å². The smallest absolute Gasteiger partial charge is 0.380 e. The monoisotopic (exact) mass is 331 g/mol. The number of hydrogen-bond donors (Lipinski definition) is 1. The van der Waals surface area contributed by atoms with Crippen molar-refractivity contribution in [2.45, 2.75) is 17.6 Å². The highest BCUT2D eigenvalue weighted by molar-refractivity contribution is 7.98. The van der Waals surface area contributed by atoms with E-state index in [1.54, 1.807) is 11.8 Å². The van der Waals surface area contributed by atoms with Crippen LogP contribution < -0.4 is 5.32 Å². The number of alkyl halides is 3. The third kappa shape index (κ3) is 4.32. The number of hydrogen-bond acceptors (Lipinski definition) is 2. The molecule has 112 valence electrons. The summed E-state index contributed by atoms with van der Waals surface area (Å²) in [6.45, 7) is 0.500. The normalized spacial score (nSPS) is 11.5. The second-order valence-electron chi connectivity index (χ2n) is 4.39. The highest BCUT2D eigenvalue weighted by Gasteiger charge is 2.30. The molecule has 2 aromatic rings. The van der Waals surface area contributed by atoms with Crippen LogP contribution in [0.2, 0.25) is 5.02 Å². The van der Waals surface area contributed by atoms with Crippen LogP contribution in [0.25, 0.3) is 0 Å². The molecule has 0 spiro atoms.